The molecular formula is C27H30N2O3. The molecule has 0 amide bonds. The molecule has 0 radical (unpaired) electrons. The highest BCUT2D eigenvalue weighted by Crippen LogP contribution is 2.32. The zero-order valence-corrected chi connectivity index (χ0v) is 18.5. The van der Waals surface area contributed by atoms with Crippen molar-refractivity contribution in [3.05, 3.63) is 95.7 Å². The summed E-state index contributed by atoms with van der Waals surface area (Å²) >= 11 is 0. The van der Waals surface area contributed by atoms with Crippen molar-refractivity contribution in [1.82, 2.24) is 9.88 Å². The summed E-state index contributed by atoms with van der Waals surface area (Å²) in [6, 6.07) is 24.8. The minimum atomic E-state index is -0.553. The van der Waals surface area contributed by atoms with Gasteiger partial charge in [0.15, 0.2) is 0 Å². The van der Waals surface area contributed by atoms with Gasteiger partial charge in [0.1, 0.15) is 18.5 Å². The largest absolute Gasteiger partial charge is 0.491 e. The smallest absolute Gasteiger partial charge is 0.216 e. The Kier molecular flexibility index (Phi) is 7.54. The number of hydrogen-bond donors (Lipinski definition) is 1. The number of ether oxygens (including phenoxy) is 2. The highest BCUT2D eigenvalue weighted by Gasteiger charge is 2.21. The fraction of sp³-hybridized carbons (Fsp3) is 0.296. The summed E-state index contributed by atoms with van der Waals surface area (Å²) in [7, 11) is 1.57. The lowest BCUT2D eigenvalue weighted by molar-refractivity contribution is 0.0655. The number of methoxy groups -OCH3 is 1. The standard InChI is InChI=1S/C27H30N2O3/c1-31-26-18-25(12-15-28-26)32-20-24(30)19-29-16-13-23(14-17-29)27(21-8-4-2-5-9-21)22-10-6-3-7-11-22/h2-12,15,18,24,30H,13-14,16-17,19-20H2,1H3. The number of β-amino-alcohol motifs (C(OH)–C–C–N with tert-alkyl or cyclic N) is 1. The summed E-state index contributed by atoms with van der Waals surface area (Å²) in [6.07, 6.45) is 3.07. The van der Waals surface area contributed by atoms with Gasteiger partial charge in [0.25, 0.3) is 0 Å². The molecule has 5 heteroatoms. The number of likely N-dealkylation sites (tertiary alicyclic amines) is 1. The van der Waals surface area contributed by atoms with Crippen LogP contribution in [0.5, 0.6) is 11.6 Å². The van der Waals surface area contributed by atoms with E-state index in [2.05, 4.69) is 70.5 Å². The lowest BCUT2D eigenvalue weighted by Crippen LogP contribution is -2.39. The van der Waals surface area contributed by atoms with Gasteiger partial charge < -0.3 is 14.6 Å². The molecular weight excluding hydrogens is 400 g/mol. The molecule has 1 N–H and O–H groups in total. The quantitative estimate of drug-likeness (QED) is 0.573. The highest BCUT2D eigenvalue weighted by atomic mass is 16.5. The molecule has 2 heterocycles. The van der Waals surface area contributed by atoms with Gasteiger partial charge in [0, 0.05) is 31.9 Å². The molecule has 1 fully saturated rings. The van der Waals surface area contributed by atoms with E-state index in [9.17, 15) is 5.11 Å². The van der Waals surface area contributed by atoms with Crippen molar-refractivity contribution in [1.29, 1.82) is 0 Å². The molecule has 0 saturated carbocycles. The first-order valence-corrected chi connectivity index (χ1v) is 11.1. The van der Waals surface area contributed by atoms with Crippen LogP contribution in [-0.2, 0) is 0 Å². The number of hydrogen-bond acceptors (Lipinski definition) is 5. The summed E-state index contributed by atoms with van der Waals surface area (Å²) in [6.45, 7) is 2.70. The number of benzene rings is 2. The van der Waals surface area contributed by atoms with Gasteiger partial charge in [-0.15, -0.1) is 0 Å². The van der Waals surface area contributed by atoms with Crippen LogP contribution >= 0.6 is 0 Å². The van der Waals surface area contributed by atoms with E-state index in [-0.39, 0.29) is 6.61 Å². The van der Waals surface area contributed by atoms with E-state index in [1.807, 2.05) is 0 Å². The van der Waals surface area contributed by atoms with E-state index in [0.717, 1.165) is 25.9 Å². The third kappa shape index (κ3) is 5.75. The molecule has 0 spiro atoms. The van der Waals surface area contributed by atoms with Crippen LogP contribution in [0.4, 0.5) is 0 Å². The minimum Gasteiger partial charge on any atom is -0.491 e. The number of pyridine rings is 1. The molecule has 166 valence electrons. The molecule has 1 unspecified atom stereocenters. The highest BCUT2D eigenvalue weighted by molar-refractivity contribution is 5.82. The fourth-order valence-electron chi connectivity index (χ4n) is 4.18. The summed E-state index contributed by atoms with van der Waals surface area (Å²) in [5.41, 5.74) is 5.36. The van der Waals surface area contributed by atoms with Crippen molar-refractivity contribution in [2.24, 2.45) is 0 Å². The average molecular weight is 431 g/mol. The maximum absolute atomic E-state index is 10.5. The van der Waals surface area contributed by atoms with Gasteiger partial charge in [0.2, 0.25) is 5.88 Å². The predicted molar refractivity (Wildman–Crippen MR) is 127 cm³/mol. The summed E-state index contributed by atoms with van der Waals surface area (Å²) in [5, 5.41) is 10.5. The van der Waals surface area contributed by atoms with Gasteiger partial charge in [-0.05, 0) is 35.6 Å². The molecule has 1 aromatic heterocycles. The van der Waals surface area contributed by atoms with Gasteiger partial charge in [-0.25, -0.2) is 4.98 Å². The lowest BCUT2D eigenvalue weighted by Gasteiger charge is -2.31. The Balaban J connectivity index is 1.37. The van der Waals surface area contributed by atoms with E-state index in [4.69, 9.17) is 9.47 Å². The summed E-state index contributed by atoms with van der Waals surface area (Å²) in [4.78, 5) is 6.38. The molecule has 1 atom stereocenters. The number of piperidine rings is 1. The molecule has 0 aliphatic carbocycles. The Morgan fingerprint density at radius 3 is 2.19 bits per heavy atom. The first kappa shape index (κ1) is 22.1. The summed E-state index contributed by atoms with van der Waals surface area (Å²) < 4.78 is 10.8. The van der Waals surface area contributed by atoms with Gasteiger partial charge in [-0.1, -0.05) is 66.2 Å². The van der Waals surface area contributed by atoms with Crippen LogP contribution in [0.2, 0.25) is 0 Å². The van der Waals surface area contributed by atoms with E-state index < -0.39 is 6.10 Å². The molecule has 2 aromatic carbocycles. The fourth-order valence-corrected chi connectivity index (χ4v) is 4.18. The van der Waals surface area contributed by atoms with Gasteiger partial charge in [0.05, 0.1) is 7.11 Å². The number of aliphatic hydroxyl groups excluding tert-OH is 1. The topological polar surface area (TPSA) is 54.8 Å². The molecule has 0 bridgehead atoms. The Bertz CT molecular complexity index is 970. The first-order chi connectivity index (χ1) is 15.7. The molecule has 1 aliphatic heterocycles. The Labute approximate surface area is 190 Å². The monoisotopic (exact) mass is 430 g/mol. The minimum absolute atomic E-state index is 0.242. The zero-order chi connectivity index (χ0) is 22.2. The second-order valence-electron chi connectivity index (χ2n) is 8.01. The SMILES string of the molecule is COc1cc(OCC(O)CN2CCC(=C(c3ccccc3)c3ccccc3)CC2)ccn1. The van der Waals surface area contributed by atoms with Crippen LogP contribution in [0, 0.1) is 0 Å². The lowest BCUT2D eigenvalue weighted by atomic mass is 9.88. The Morgan fingerprint density at radius 1 is 0.969 bits per heavy atom. The molecule has 5 nitrogen and oxygen atoms in total. The number of aromatic nitrogens is 1. The first-order valence-electron chi connectivity index (χ1n) is 11.1. The molecule has 1 aliphatic rings. The second kappa shape index (κ2) is 10.9. The normalized spacial score (nSPS) is 15.2. The van der Waals surface area contributed by atoms with Gasteiger partial charge in [-0.3, -0.25) is 4.90 Å². The molecule has 3 aromatic rings. The zero-order valence-electron chi connectivity index (χ0n) is 18.5. The van der Waals surface area contributed by atoms with Crippen LogP contribution in [-0.4, -0.2) is 54.4 Å². The van der Waals surface area contributed by atoms with Crippen molar-refractivity contribution in [3.63, 3.8) is 0 Å². The van der Waals surface area contributed by atoms with Crippen LogP contribution in [0.15, 0.2) is 84.6 Å². The van der Waals surface area contributed by atoms with Crippen molar-refractivity contribution >= 4 is 5.57 Å². The number of aliphatic hydroxyl groups is 1. The van der Waals surface area contributed by atoms with E-state index >= 15 is 0 Å². The second-order valence-corrected chi connectivity index (χ2v) is 8.01. The third-order valence-corrected chi connectivity index (χ3v) is 5.76. The van der Waals surface area contributed by atoms with Crippen LogP contribution in [0.25, 0.3) is 5.57 Å². The summed E-state index contributed by atoms with van der Waals surface area (Å²) in [5.74, 6) is 1.15. The predicted octanol–water partition coefficient (Wildman–Crippen LogP) is 4.43. The van der Waals surface area contributed by atoms with E-state index in [1.54, 1.807) is 25.4 Å². The average Bonchev–Trinajstić information content (AvgIpc) is 2.85. The maximum atomic E-state index is 10.5. The molecule has 4 rings (SSSR count). The number of nitrogens with zero attached hydrogens (tertiary/aromatic N) is 2. The van der Waals surface area contributed by atoms with Crippen molar-refractivity contribution in [2.45, 2.75) is 18.9 Å². The maximum Gasteiger partial charge on any atom is 0.216 e. The molecule has 32 heavy (non-hydrogen) atoms. The van der Waals surface area contributed by atoms with Gasteiger partial charge >= 0.3 is 0 Å². The van der Waals surface area contributed by atoms with Gasteiger partial charge in [-0.2, -0.15) is 0 Å². The third-order valence-electron chi connectivity index (χ3n) is 5.76. The van der Waals surface area contributed by atoms with Crippen molar-refractivity contribution < 1.29 is 14.6 Å². The van der Waals surface area contributed by atoms with Crippen LogP contribution in [0.1, 0.15) is 24.0 Å². The van der Waals surface area contributed by atoms with Crippen molar-refractivity contribution in [2.75, 3.05) is 33.4 Å². The van der Waals surface area contributed by atoms with Crippen molar-refractivity contribution in [3.8, 4) is 11.6 Å². The van der Waals surface area contributed by atoms with E-state index in [1.165, 1.54) is 22.3 Å². The van der Waals surface area contributed by atoms with Crippen LogP contribution in [0.3, 0.4) is 0 Å². The molecule has 1 saturated heterocycles. The Morgan fingerprint density at radius 2 is 1.59 bits per heavy atom. The van der Waals surface area contributed by atoms with Crippen LogP contribution < -0.4 is 9.47 Å². The van der Waals surface area contributed by atoms with E-state index in [0.29, 0.717) is 18.2 Å². The Hall–Kier alpha value is -3.15. The number of rotatable bonds is 8.